The number of aromatic nitrogens is 2. The number of rotatable bonds is 5. The van der Waals surface area contributed by atoms with Crippen LogP contribution in [0.1, 0.15) is 11.4 Å². The van der Waals surface area contributed by atoms with Gasteiger partial charge in [0.05, 0.1) is 22.0 Å². The van der Waals surface area contributed by atoms with E-state index >= 15 is 0 Å². The van der Waals surface area contributed by atoms with Crippen molar-refractivity contribution in [3.8, 4) is 10.6 Å². The first-order valence-electron chi connectivity index (χ1n) is 7.07. The SMILES string of the molecule is CSc1sc(NC(=O)Cc2csc(-c3cccc(Br)c3)n2)nc1C. The summed E-state index contributed by atoms with van der Waals surface area (Å²) in [7, 11) is 0. The Morgan fingerprint density at radius 2 is 2.21 bits per heavy atom. The van der Waals surface area contributed by atoms with Crippen molar-refractivity contribution in [3.05, 3.63) is 45.5 Å². The topological polar surface area (TPSA) is 54.9 Å². The Hall–Kier alpha value is -1.22. The van der Waals surface area contributed by atoms with Crippen LogP contribution in [0.25, 0.3) is 10.6 Å². The van der Waals surface area contributed by atoms with E-state index in [-0.39, 0.29) is 12.3 Å². The average molecular weight is 440 g/mol. The van der Waals surface area contributed by atoms with Crippen LogP contribution in [-0.2, 0) is 11.2 Å². The van der Waals surface area contributed by atoms with Crippen LogP contribution < -0.4 is 5.32 Å². The van der Waals surface area contributed by atoms with Crippen LogP contribution in [0.2, 0.25) is 0 Å². The van der Waals surface area contributed by atoms with Gasteiger partial charge in [-0.3, -0.25) is 4.79 Å². The fourth-order valence-electron chi connectivity index (χ4n) is 2.10. The highest BCUT2D eigenvalue weighted by Gasteiger charge is 2.12. The van der Waals surface area contributed by atoms with Crippen molar-refractivity contribution in [3.63, 3.8) is 0 Å². The van der Waals surface area contributed by atoms with E-state index in [4.69, 9.17) is 0 Å². The van der Waals surface area contributed by atoms with Gasteiger partial charge in [0.2, 0.25) is 5.91 Å². The van der Waals surface area contributed by atoms with Crippen molar-refractivity contribution in [1.29, 1.82) is 0 Å². The predicted molar refractivity (Wildman–Crippen MR) is 106 cm³/mol. The standard InChI is InChI=1S/C16H14BrN3OS3/c1-9-15(22-2)24-16(18-9)20-13(21)7-12-8-23-14(19-12)10-4-3-5-11(17)6-10/h3-6,8H,7H2,1-2H3,(H,18,20,21). The van der Waals surface area contributed by atoms with Crippen molar-refractivity contribution < 1.29 is 4.79 Å². The fraction of sp³-hybridized carbons (Fsp3) is 0.188. The molecular weight excluding hydrogens is 426 g/mol. The van der Waals surface area contributed by atoms with Gasteiger partial charge in [-0.1, -0.05) is 39.4 Å². The molecular formula is C16H14BrN3OS3. The van der Waals surface area contributed by atoms with E-state index in [2.05, 4.69) is 31.2 Å². The Morgan fingerprint density at radius 3 is 2.92 bits per heavy atom. The Balaban J connectivity index is 1.66. The summed E-state index contributed by atoms with van der Waals surface area (Å²) in [5.74, 6) is -0.0949. The van der Waals surface area contributed by atoms with Crippen LogP contribution in [0.3, 0.4) is 0 Å². The maximum absolute atomic E-state index is 12.2. The minimum Gasteiger partial charge on any atom is -0.302 e. The lowest BCUT2D eigenvalue weighted by atomic mass is 10.2. The smallest absolute Gasteiger partial charge is 0.232 e. The van der Waals surface area contributed by atoms with Gasteiger partial charge in [0.1, 0.15) is 5.01 Å². The molecule has 0 aliphatic rings. The van der Waals surface area contributed by atoms with E-state index in [1.807, 2.05) is 42.8 Å². The molecule has 24 heavy (non-hydrogen) atoms. The number of hydrogen-bond donors (Lipinski definition) is 1. The third-order valence-corrected chi connectivity index (χ3v) is 6.87. The number of thiazole rings is 2. The third kappa shape index (κ3) is 4.24. The molecule has 0 atom stereocenters. The minimum atomic E-state index is -0.0949. The number of carbonyl (C=O) groups excluding carboxylic acids is 1. The number of benzene rings is 1. The van der Waals surface area contributed by atoms with Crippen LogP contribution in [0, 0.1) is 6.92 Å². The average Bonchev–Trinajstić information content (AvgIpc) is 3.13. The maximum atomic E-state index is 12.2. The van der Waals surface area contributed by atoms with E-state index in [0.717, 1.165) is 30.6 Å². The first-order valence-corrected chi connectivity index (χ1v) is 10.8. The molecule has 2 aromatic heterocycles. The maximum Gasteiger partial charge on any atom is 0.232 e. The van der Waals surface area contributed by atoms with Crippen LogP contribution in [0.15, 0.2) is 38.3 Å². The van der Waals surface area contributed by atoms with Gasteiger partial charge in [0.25, 0.3) is 0 Å². The van der Waals surface area contributed by atoms with Crippen LogP contribution >= 0.6 is 50.4 Å². The molecule has 124 valence electrons. The van der Waals surface area contributed by atoms with Gasteiger partial charge in [-0.25, -0.2) is 9.97 Å². The lowest BCUT2D eigenvalue weighted by Gasteiger charge is -1.99. The van der Waals surface area contributed by atoms with E-state index in [9.17, 15) is 4.79 Å². The monoisotopic (exact) mass is 439 g/mol. The number of amides is 1. The molecule has 8 heteroatoms. The van der Waals surface area contributed by atoms with Crippen LogP contribution in [-0.4, -0.2) is 22.1 Å². The molecule has 3 aromatic rings. The van der Waals surface area contributed by atoms with Crippen LogP contribution in [0.5, 0.6) is 0 Å². The molecule has 1 amide bonds. The van der Waals surface area contributed by atoms with Crippen molar-refractivity contribution >= 4 is 61.4 Å². The highest BCUT2D eigenvalue weighted by atomic mass is 79.9. The number of nitrogens with one attached hydrogen (secondary N) is 1. The minimum absolute atomic E-state index is 0.0949. The van der Waals surface area contributed by atoms with Crippen LogP contribution in [0.4, 0.5) is 5.13 Å². The van der Waals surface area contributed by atoms with Gasteiger partial charge >= 0.3 is 0 Å². The third-order valence-electron chi connectivity index (χ3n) is 3.15. The van der Waals surface area contributed by atoms with Crippen molar-refractivity contribution in [2.45, 2.75) is 17.6 Å². The Kier molecular flexibility index (Phi) is 5.70. The summed E-state index contributed by atoms with van der Waals surface area (Å²) < 4.78 is 2.13. The number of carbonyl (C=O) groups is 1. The second-order valence-corrected chi connectivity index (χ2v) is 8.82. The second-order valence-electron chi connectivity index (χ2n) is 4.98. The molecule has 1 aromatic carbocycles. The van der Waals surface area contributed by atoms with Crippen molar-refractivity contribution in [1.82, 2.24) is 9.97 Å². The number of nitrogens with zero attached hydrogens (tertiary/aromatic N) is 2. The first-order chi connectivity index (χ1) is 11.5. The van der Waals surface area contributed by atoms with E-state index in [1.54, 1.807) is 23.1 Å². The zero-order chi connectivity index (χ0) is 17.1. The highest BCUT2D eigenvalue weighted by molar-refractivity contribution is 9.10. The summed E-state index contributed by atoms with van der Waals surface area (Å²) >= 11 is 8.14. The van der Waals surface area contributed by atoms with Gasteiger partial charge in [0.15, 0.2) is 5.13 Å². The lowest BCUT2D eigenvalue weighted by Crippen LogP contribution is -2.14. The highest BCUT2D eigenvalue weighted by Crippen LogP contribution is 2.30. The zero-order valence-electron chi connectivity index (χ0n) is 13.0. The lowest BCUT2D eigenvalue weighted by molar-refractivity contribution is -0.115. The number of anilines is 1. The summed E-state index contributed by atoms with van der Waals surface area (Å²) in [5.41, 5.74) is 2.76. The summed E-state index contributed by atoms with van der Waals surface area (Å²) in [6, 6.07) is 7.98. The molecule has 0 radical (unpaired) electrons. The molecule has 0 bridgehead atoms. The summed E-state index contributed by atoms with van der Waals surface area (Å²) in [6.45, 7) is 1.95. The number of hydrogen-bond acceptors (Lipinski definition) is 6. The predicted octanol–water partition coefficient (Wildman–Crippen LogP) is 5.24. The largest absolute Gasteiger partial charge is 0.302 e. The second kappa shape index (κ2) is 7.77. The number of halogens is 1. The van der Waals surface area contributed by atoms with Gasteiger partial charge in [-0.05, 0) is 25.3 Å². The van der Waals surface area contributed by atoms with E-state index in [1.165, 1.54) is 11.3 Å². The summed E-state index contributed by atoms with van der Waals surface area (Å²) in [4.78, 5) is 21.1. The van der Waals surface area contributed by atoms with Crippen molar-refractivity contribution in [2.24, 2.45) is 0 Å². The zero-order valence-corrected chi connectivity index (χ0v) is 17.0. The molecule has 1 N–H and O–H groups in total. The van der Waals surface area contributed by atoms with Gasteiger partial charge in [-0.2, -0.15) is 0 Å². The molecule has 0 aliphatic carbocycles. The normalized spacial score (nSPS) is 10.8. The van der Waals surface area contributed by atoms with E-state index in [0.29, 0.717) is 5.13 Å². The molecule has 0 unspecified atom stereocenters. The number of thioether (sulfide) groups is 1. The fourth-order valence-corrected chi connectivity index (χ4v) is 4.94. The first kappa shape index (κ1) is 17.6. The molecule has 0 saturated heterocycles. The Morgan fingerprint density at radius 1 is 1.38 bits per heavy atom. The molecule has 4 nitrogen and oxygen atoms in total. The Labute approximate surface area is 160 Å². The molecule has 0 fully saturated rings. The van der Waals surface area contributed by atoms with Gasteiger partial charge in [0, 0.05) is 15.4 Å². The molecule has 0 saturated carbocycles. The van der Waals surface area contributed by atoms with Crippen molar-refractivity contribution in [2.75, 3.05) is 11.6 Å². The summed E-state index contributed by atoms with van der Waals surface area (Å²) in [5, 5.41) is 6.34. The number of aryl methyl sites for hydroxylation is 1. The summed E-state index contributed by atoms with van der Waals surface area (Å²) in [6.07, 6.45) is 2.25. The molecule has 2 heterocycles. The molecule has 0 spiro atoms. The quantitative estimate of drug-likeness (QED) is 0.552. The molecule has 0 aliphatic heterocycles. The molecule has 3 rings (SSSR count). The van der Waals surface area contributed by atoms with Gasteiger partial charge in [-0.15, -0.1) is 23.1 Å². The Bertz CT molecular complexity index is 875. The van der Waals surface area contributed by atoms with E-state index < -0.39 is 0 Å². The van der Waals surface area contributed by atoms with Gasteiger partial charge < -0.3 is 5.32 Å².